The molecule has 5 heteroatoms. The number of hydrogen-bond donors (Lipinski definition) is 1. The van der Waals surface area contributed by atoms with Gasteiger partial charge in [0.2, 0.25) is 0 Å². The standard InChI is InChI=1S/C18H15N3O2/c22-17-8-16(20-15-6-2-1-5-14(15)17)18(23)21-10-13(11-21)12-4-3-7-19-9-12/h1-9,13H,10-11H2,(H,20,22). The summed E-state index contributed by atoms with van der Waals surface area (Å²) in [4.78, 5) is 33.6. The molecule has 1 aliphatic rings. The maximum atomic E-state index is 12.5. The Morgan fingerprint density at radius 2 is 2.00 bits per heavy atom. The van der Waals surface area contributed by atoms with E-state index >= 15 is 0 Å². The molecule has 0 radical (unpaired) electrons. The van der Waals surface area contributed by atoms with Gasteiger partial charge in [-0.15, -0.1) is 0 Å². The fourth-order valence-corrected chi connectivity index (χ4v) is 2.96. The molecule has 1 amide bonds. The van der Waals surface area contributed by atoms with E-state index in [-0.39, 0.29) is 11.3 Å². The highest BCUT2D eigenvalue weighted by molar-refractivity contribution is 5.95. The number of fused-ring (bicyclic) bond motifs is 1. The molecule has 1 fully saturated rings. The molecule has 3 heterocycles. The van der Waals surface area contributed by atoms with Gasteiger partial charge in [-0.05, 0) is 23.8 Å². The Balaban J connectivity index is 1.56. The molecular weight excluding hydrogens is 290 g/mol. The molecule has 1 aliphatic heterocycles. The number of likely N-dealkylation sites (tertiary alicyclic amines) is 1. The first-order valence-corrected chi connectivity index (χ1v) is 7.53. The predicted octanol–water partition coefficient (Wildman–Crippen LogP) is 2.16. The maximum absolute atomic E-state index is 12.5. The van der Waals surface area contributed by atoms with Gasteiger partial charge in [0.05, 0.1) is 0 Å². The molecule has 0 bridgehead atoms. The van der Waals surface area contributed by atoms with Crippen molar-refractivity contribution in [2.45, 2.75) is 5.92 Å². The molecule has 0 saturated carbocycles. The first-order valence-electron chi connectivity index (χ1n) is 7.53. The fraction of sp³-hybridized carbons (Fsp3) is 0.167. The normalized spacial score (nSPS) is 14.7. The maximum Gasteiger partial charge on any atom is 0.270 e. The summed E-state index contributed by atoms with van der Waals surface area (Å²) in [5, 5.41) is 0.598. The summed E-state index contributed by atoms with van der Waals surface area (Å²) in [7, 11) is 0. The summed E-state index contributed by atoms with van der Waals surface area (Å²) in [6, 6.07) is 12.5. The molecule has 1 aromatic carbocycles. The summed E-state index contributed by atoms with van der Waals surface area (Å²) in [6.07, 6.45) is 3.58. The van der Waals surface area contributed by atoms with Gasteiger partial charge in [0.15, 0.2) is 5.43 Å². The number of aromatic nitrogens is 2. The number of benzene rings is 1. The van der Waals surface area contributed by atoms with Crippen LogP contribution in [0.4, 0.5) is 0 Å². The van der Waals surface area contributed by atoms with Gasteiger partial charge in [0.1, 0.15) is 5.69 Å². The third-order valence-corrected chi connectivity index (χ3v) is 4.29. The van der Waals surface area contributed by atoms with Crippen LogP contribution in [0.2, 0.25) is 0 Å². The van der Waals surface area contributed by atoms with Gasteiger partial charge < -0.3 is 9.88 Å². The molecule has 2 aromatic heterocycles. The quantitative estimate of drug-likeness (QED) is 0.789. The van der Waals surface area contributed by atoms with Crippen molar-refractivity contribution in [3.63, 3.8) is 0 Å². The molecule has 3 aromatic rings. The second-order valence-electron chi connectivity index (χ2n) is 5.79. The van der Waals surface area contributed by atoms with Gasteiger partial charge in [-0.2, -0.15) is 0 Å². The monoisotopic (exact) mass is 305 g/mol. The third kappa shape index (κ3) is 2.40. The van der Waals surface area contributed by atoms with Crippen molar-refractivity contribution < 1.29 is 4.79 Å². The Labute approximate surface area is 132 Å². The van der Waals surface area contributed by atoms with E-state index < -0.39 is 0 Å². The molecule has 4 rings (SSSR count). The van der Waals surface area contributed by atoms with E-state index in [0.29, 0.717) is 35.6 Å². The molecule has 1 N–H and O–H groups in total. The Hall–Kier alpha value is -2.95. The largest absolute Gasteiger partial charge is 0.350 e. The average Bonchev–Trinajstić information content (AvgIpc) is 2.54. The van der Waals surface area contributed by atoms with Crippen LogP contribution in [0.5, 0.6) is 0 Å². The first-order chi connectivity index (χ1) is 11.2. The summed E-state index contributed by atoms with van der Waals surface area (Å²) in [5.41, 5.74) is 2.04. The van der Waals surface area contributed by atoms with Crippen LogP contribution in [0.3, 0.4) is 0 Å². The van der Waals surface area contributed by atoms with Gasteiger partial charge in [-0.25, -0.2) is 0 Å². The molecule has 0 aliphatic carbocycles. The van der Waals surface area contributed by atoms with Crippen molar-refractivity contribution in [2.24, 2.45) is 0 Å². The number of hydrogen-bond acceptors (Lipinski definition) is 3. The lowest BCUT2D eigenvalue weighted by atomic mass is 9.92. The fourth-order valence-electron chi connectivity index (χ4n) is 2.96. The number of pyridine rings is 2. The van der Waals surface area contributed by atoms with Crippen LogP contribution in [-0.4, -0.2) is 33.9 Å². The van der Waals surface area contributed by atoms with E-state index in [2.05, 4.69) is 9.97 Å². The molecule has 0 spiro atoms. The summed E-state index contributed by atoms with van der Waals surface area (Å²) in [6.45, 7) is 1.30. The van der Waals surface area contributed by atoms with Crippen LogP contribution in [-0.2, 0) is 0 Å². The minimum absolute atomic E-state index is 0.131. The highest BCUT2D eigenvalue weighted by Crippen LogP contribution is 2.27. The lowest BCUT2D eigenvalue weighted by Crippen LogP contribution is -2.48. The topological polar surface area (TPSA) is 66.1 Å². The molecule has 0 unspecified atom stereocenters. The number of nitrogens with one attached hydrogen (secondary N) is 1. The van der Waals surface area contributed by atoms with Gasteiger partial charge in [-0.3, -0.25) is 14.6 Å². The zero-order chi connectivity index (χ0) is 15.8. The van der Waals surface area contributed by atoms with Crippen LogP contribution in [0, 0.1) is 0 Å². The molecule has 0 atom stereocenters. The Morgan fingerprint density at radius 1 is 1.17 bits per heavy atom. The van der Waals surface area contributed by atoms with Gasteiger partial charge in [0.25, 0.3) is 5.91 Å². The van der Waals surface area contributed by atoms with Crippen molar-refractivity contribution in [1.82, 2.24) is 14.9 Å². The van der Waals surface area contributed by atoms with E-state index in [1.807, 2.05) is 36.5 Å². The number of carbonyl (C=O) groups excluding carboxylic acids is 1. The highest BCUT2D eigenvalue weighted by atomic mass is 16.2. The number of carbonyl (C=O) groups is 1. The number of rotatable bonds is 2. The average molecular weight is 305 g/mol. The van der Waals surface area contributed by atoms with Crippen LogP contribution in [0.25, 0.3) is 10.9 Å². The van der Waals surface area contributed by atoms with Crippen molar-refractivity contribution in [1.29, 1.82) is 0 Å². The number of H-pyrrole nitrogens is 1. The first kappa shape index (κ1) is 13.7. The minimum Gasteiger partial charge on any atom is -0.350 e. The summed E-state index contributed by atoms with van der Waals surface area (Å²) < 4.78 is 0. The SMILES string of the molecule is O=C(c1cc(=O)c2ccccc2[nH]1)N1CC(c2cccnc2)C1. The number of nitrogens with zero attached hydrogens (tertiary/aromatic N) is 2. The number of aromatic amines is 1. The zero-order valence-corrected chi connectivity index (χ0v) is 12.4. The van der Waals surface area contributed by atoms with E-state index in [9.17, 15) is 9.59 Å². The van der Waals surface area contributed by atoms with Gasteiger partial charge in [0, 0.05) is 48.4 Å². The summed E-state index contributed by atoms with van der Waals surface area (Å²) >= 11 is 0. The molecule has 114 valence electrons. The zero-order valence-electron chi connectivity index (χ0n) is 12.4. The lowest BCUT2D eigenvalue weighted by molar-refractivity contribution is 0.0596. The van der Waals surface area contributed by atoms with Crippen LogP contribution in [0.1, 0.15) is 22.0 Å². The Morgan fingerprint density at radius 3 is 2.78 bits per heavy atom. The lowest BCUT2D eigenvalue weighted by Gasteiger charge is -2.39. The van der Waals surface area contributed by atoms with E-state index in [1.165, 1.54) is 6.07 Å². The van der Waals surface area contributed by atoms with E-state index in [4.69, 9.17) is 0 Å². The molecule has 1 saturated heterocycles. The van der Waals surface area contributed by atoms with Gasteiger partial charge in [-0.1, -0.05) is 18.2 Å². The number of para-hydroxylation sites is 1. The van der Waals surface area contributed by atoms with Crippen molar-refractivity contribution in [2.75, 3.05) is 13.1 Å². The van der Waals surface area contributed by atoms with Gasteiger partial charge >= 0.3 is 0 Å². The van der Waals surface area contributed by atoms with Crippen LogP contribution < -0.4 is 5.43 Å². The van der Waals surface area contributed by atoms with Crippen molar-refractivity contribution >= 4 is 16.8 Å². The third-order valence-electron chi connectivity index (χ3n) is 4.29. The summed E-state index contributed by atoms with van der Waals surface area (Å²) in [5.74, 6) is 0.188. The van der Waals surface area contributed by atoms with E-state index in [1.54, 1.807) is 17.2 Å². The van der Waals surface area contributed by atoms with Crippen LogP contribution in [0.15, 0.2) is 59.7 Å². The molecular formula is C18H15N3O2. The number of amides is 1. The minimum atomic E-state index is -0.132. The van der Waals surface area contributed by atoms with E-state index in [0.717, 1.165) is 5.56 Å². The predicted molar refractivity (Wildman–Crippen MR) is 87.5 cm³/mol. The Kier molecular flexibility index (Phi) is 3.19. The van der Waals surface area contributed by atoms with Crippen molar-refractivity contribution in [3.05, 3.63) is 76.3 Å². The van der Waals surface area contributed by atoms with Crippen LogP contribution >= 0.6 is 0 Å². The second-order valence-corrected chi connectivity index (χ2v) is 5.79. The second kappa shape index (κ2) is 5.35. The molecule has 5 nitrogen and oxygen atoms in total. The molecule has 23 heavy (non-hydrogen) atoms. The Bertz CT molecular complexity index is 928. The van der Waals surface area contributed by atoms with Crippen molar-refractivity contribution in [3.8, 4) is 0 Å². The highest BCUT2D eigenvalue weighted by Gasteiger charge is 2.32. The smallest absolute Gasteiger partial charge is 0.270 e.